The van der Waals surface area contributed by atoms with Gasteiger partial charge in [-0.2, -0.15) is 0 Å². The Kier molecular flexibility index (Phi) is 6.79. The Hall–Kier alpha value is -0.380. The molecule has 0 atom stereocenters. The van der Waals surface area contributed by atoms with Crippen LogP contribution in [0.2, 0.25) is 0 Å². The Balaban J connectivity index is 3.86. The van der Waals surface area contributed by atoms with E-state index in [0.29, 0.717) is 6.61 Å². The number of carbonyl (C=O) groups excluding carboxylic acids is 1. The largest absolute Gasteiger partial charge is 0.465 e. The number of rotatable bonds is 7. The van der Waals surface area contributed by atoms with Crippen LogP contribution in [0.4, 0.5) is 0 Å². The lowest BCUT2D eigenvalue weighted by atomic mass is 10.4. The predicted molar refractivity (Wildman–Crippen MR) is 52.4 cm³/mol. The van der Waals surface area contributed by atoms with Gasteiger partial charge in [0.2, 0.25) is 0 Å². The topological polar surface area (TPSA) is 61.8 Å². The molecule has 0 aliphatic heterocycles. The first kappa shape index (κ1) is 13.6. The summed E-state index contributed by atoms with van der Waals surface area (Å²) < 4.78 is 25.5. The van der Waals surface area contributed by atoms with Crippen molar-refractivity contribution in [1.82, 2.24) is 0 Å². The molecular weight excluding hydrogens is 207 g/mol. The summed E-state index contributed by atoms with van der Waals surface area (Å²) in [6, 6.07) is 0. The van der Waals surface area contributed by atoms with Crippen LogP contribution in [0.1, 0.15) is 19.8 Å². The molecule has 84 valence electrons. The van der Waals surface area contributed by atoms with Crippen molar-refractivity contribution in [1.29, 1.82) is 0 Å². The van der Waals surface area contributed by atoms with E-state index in [9.17, 15) is 9.36 Å². The highest BCUT2D eigenvalue weighted by atomic mass is 31.2. The molecule has 6 heteroatoms. The first-order chi connectivity index (χ1) is 6.58. The molecular formula is C8H17O5P. The molecule has 0 aromatic rings. The van der Waals surface area contributed by atoms with Crippen LogP contribution < -0.4 is 0 Å². The van der Waals surface area contributed by atoms with E-state index in [-0.39, 0.29) is 6.16 Å². The van der Waals surface area contributed by atoms with Crippen LogP contribution in [-0.2, 0) is 23.1 Å². The Morgan fingerprint density at radius 1 is 1.29 bits per heavy atom. The van der Waals surface area contributed by atoms with Gasteiger partial charge in [0.15, 0.2) is 0 Å². The third-order valence-electron chi connectivity index (χ3n) is 1.64. The molecule has 0 N–H and O–H groups in total. The number of hydrogen-bond acceptors (Lipinski definition) is 5. The normalized spacial score (nSPS) is 11.4. The quantitative estimate of drug-likeness (QED) is 0.375. The standard InChI is InChI=1S/C8H17O5P/c1-4-5-6-13-8(9)7-14(10,11-2)12-3/h4-7H2,1-3H3. The van der Waals surface area contributed by atoms with Crippen molar-refractivity contribution in [2.24, 2.45) is 0 Å². The van der Waals surface area contributed by atoms with E-state index in [4.69, 9.17) is 4.74 Å². The van der Waals surface area contributed by atoms with Crippen LogP contribution in [0.5, 0.6) is 0 Å². The van der Waals surface area contributed by atoms with Gasteiger partial charge in [-0.15, -0.1) is 0 Å². The maximum absolute atomic E-state index is 11.4. The van der Waals surface area contributed by atoms with Crippen molar-refractivity contribution in [2.45, 2.75) is 19.8 Å². The fourth-order valence-electron chi connectivity index (χ4n) is 0.738. The van der Waals surface area contributed by atoms with Gasteiger partial charge in [-0.3, -0.25) is 9.36 Å². The van der Waals surface area contributed by atoms with Gasteiger partial charge in [-0.1, -0.05) is 13.3 Å². The number of ether oxygens (including phenoxy) is 1. The molecule has 0 heterocycles. The zero-order valence-electron chi connectivity index (χ0n) is 8.82. The summed E-state index contributed by atoms with van der Waals surface area (Å²) in [6.45, 7) is 2.34. The van der Waals surface area contributed by atoms with Crippen LogP contribution in [0.25, 0.3) is 0 Å². The van der Waals surface area contributed by atoms with Crippen molar-refractivity contribution in [3.63, 3.8) is 0 Å². The van der Waals surface area contributed by atoms with Crippen molar-refractivity contribution < 1.29 is 23.1 Å². The minimum atomic E-state index is -3.26. The molecule has 0 bridgehead atoms. The van der Waals surface area contributed by atoms with E-state index in [2.05, 4.69) is 9.05 Å². The van der Waals surface area contributed by atoms with Gasteiger partial charge in [-0.25, -0.2) is 0 Å². The van der Waals surface area contributed by atoms with Crippen LogP contribution in [0, 0.1) is 0 Å². The number of carbonyl (C=O) groups is 1. The van der Waals surface area contributed by atoms with Crippen LogP contribution >= 0.6 is 7.60 Å². The summed E-state index contributed by atoms with van der Waals surface area (Å²) in [5, 5.41) is 0. The average Bonchev–Trinajstić information content (AvgIpc) is 2.18. The maximum atomic E-state index is 11.4. The van der Waals surface area contributed by atoms with E-state index in [0.717, 1.165) is 12.8 Å². The van der Waals surface area contributed by atoms with Crippen LogP contribution in [0.3, 0.4) is 0 Å². The highest BCUT2D eigenvalue weighted by molar-refractivity contribution is 7.54. The molecule has 0 unspecified atom stereocenters. The number of esters is 1. The molecule has 0 aromatic carbocycles. The molecule has 5 nitrogen and oxygen atoms in total. The average molecular weight is 224 g/mol. The zero-order chi connectivity index (χ0) is 11.0. The van der Waals surface area contributed by atoms with Crippen LogP contribution in [-0.4, -0.2) is 33.0 Å². The molecule has 0 saturated carbocycles. The molecule has 0 spiro atoms. The van der Waals surface area contributed by atoms with Gasteiger partial charge < -0.3 is 13.8 Å². The Morgan fingerprint density at radius 2 is 1.86 bits per heavy atom. The lowest BCUT2D eigenvalue weighted by molar-refractivity contribution is -0.140. The van der Waals surface area contributed by atoms with E-state index in [1.165, 1.54) is 14.2 Å². The van der Waals surface area contributed by atoms with Gasteiger partial charge in [0.05, 0.1) is 6.61 Å². The molecule has 0 saturated heterocycles. The van der Waals surface area contributed by atoms with Gasteiger partial charge in [0.1, 0.15) is 6.16 Å². The minimum absolute atomic E-state index is 0.330. The summed E-state index contributed by atoms with van der Waals surface area (Å²) in [5.41, 5.74) is 0. The maximum Gasteiger partial charge on any atom is 0.341 e. The SMILES string of the molecule is CCCCOC(=O)CP(=O)(OC)OC. The van der Waals surface area contributed by atoms with Gasteiger partial charge >= 0.3 is 13.6 Å². The molecule has 0 aliphatic rings. The first-order valence-corrected chi connectivity index (χ1v) is 6.17. The third kappa shape index (κ3) is 5.37. The predicted octanol–water partition coefficient (Wildman–Crippen LogP) is 1.82. The lowest BCUT2D eigenvalue weighted by Crippen LogP contribution is -2.12. The minimum Gasteiger partial charge on any atom is -0.465 e. The molecule has 0 fully saturated rings. The number of hydrogen-bond donors (Lipinski definition) is 0. The summed E-state index contributed by atoms with van der Waals surface area (Å²) in [6.07, 6.45) is 1.42. The molecule has 0 rings (SSSR count). The van der Waals surface area contributed by atoms with Crippen molar-refractivity contribution >= 4 is 13.6 Å². The summed E-state index contributed by atoms with van der Waals surface area (Å²) in [7, 11) is -0.781. The van der Waals surface area contributed by atoms with Crippen molar-refractivity contribution in [3.05, 3.63) is 0 Å². The van der Waals surface area contributed by atoms with E-state index in [1.54, 1.807) is 0 Å². The Morgan fingerprint density at radius 3 is 2.29 bits per heavy atom. The summed E-state index contributed by atoms with van der Waals surface area (Å²) in [5.74, 6) is -0.550. The number of unbranched alkanes of at least 4 members (excludes halogenated alkanes) is 1. The lowest BCUT2D eigenvalue weighted by Gasteiger charge is -2.12. The Bertz CT molecular complexity index is 208. The highest BCUT2D eigenvalue weighted by Gasteiger charge is 2.26. The van der Waals surface area contributed by atoms with Crippen molar-refractivity contribution in [3.8, 4) is 0 Å². The highest BCUT2D eigenvalue weighted by Crippen LogP contribution is 2.45. The first-order valence-electron chi connectivity index (χ1n) is 4.44. The second kappa shape index (κ2) is 6.98. The molecule has 14 heavy (non-hydrogen) atoms. The van der Waals surface area contributed by atoms with Gasteiger partial charge in [-0.05, 0) is 6.42 Å². The fraction of sp³-hybridized carbons (Fsp3) is 0.875. The van der Waals surface area contributed by atoms with Gasteiger partial charge in [0.25, 0.3) is 0 Å². The second-order valence-corrected chi connectivity index (χ2v) is 4.98. The molecule has 0 amide bonds. The third-order valence-corrected chi connectivity index (χ3v) is 3.40. The van der Waals surface area contributed by atoms with E-state index >= 15 is 0 Å². The zero-order valence-corrected chi connectivity index (χ0v) is 9.71. The van der Waals surface area contributed by atoms with E-state index < -0.39 is 13.6 Å². The van der Waals surface area contributed by atoms with Crippen LogP contribution in [0.15, 0.2) is 0 Å². The summed E-state index contributed by atoms with van der Waals surface area (Å²) >= 11 is 0. The summed E-state index contributed by atoms with van der Waals surface area (Å²) in [4.78, 5) is 11.1. The molecule has 0 radical (unpaired) electrons. The second-order valence-electron chi connectivity index (χ2n) is 2.71. The monoisotopic (exact) mass is 224 g/mol. The van der Waals surface area contributed by atoms with E-state index in [1.807, 2.05) is 6.92 Å². The molecule has 0 aromatic heterocycles. The molecule has 0 aliphatic carbocycles. The fourth-order valence-corrected chi connectivity index (χ4v) is 1.55. The van der Waals surface area contributed by atoms with Gasteiger partial charge in [0, 0.05) is 14.2 Å². The van der Waals surface area contributed by atoms with Crippen molar-refractivity contribution in [2.75, 3.05) is 27.0 Å². The Labute approximate surface area is 84.3 Å². The smallest absolute Gasteiger partial charge is 0.341 e.